The van der Waals surface area contributed by atoms with Crippen molar-refractivity contribution >= 4 is 34.7 Å². The number of thiazole rings is 1. The first-order valence-electron chi connectivity index (χ1n) is 5.59. The predicted octanol–water partition coefficient (Wildman–Crippen LogP) is 3.06. The van der Waals surface area contributed by atoms with Gasteiger partial charge in [0.15, 0.2) is 11.6 Å². The standard InChI is InChI=1S/C13H10ClNO4S/c1-7-11(13(17)18)20-12(15-7)10(16)6-19-9-4-2-8(14)3-5-9/h2-5H,6H2,1H3,(H,17,18). The minimum atomic E-state index is -1.09. The Kier molecular flexibility index (Phi) is 4.36. The normalized spacial score (nSPS) is 10.3. The first kappa shape index (κ1) is 14.5. The van der Waals surface area contributed by atoms with Crippen molar-refractivity contribution in [3.05, 3.63) is 44.9 Å². The molecule has 2 aromatic rings. The molecule has 0 unspecified atom stereocenters. The number of benzene rings is 1. The number of halogens is 1. The molecule has 0 saturated heterocycles. The minimum absolute atomic E-state index is 0.0693. The molecule has 0 fully saturated rings. The second-order valence-corrected chi connectivity index (χ2v) is 5.34. The summed E-state index contributed by atoms with van der Waals surface area (Å²) in [4.78, 5) is 26.8. The molecule has 1 heterocycles. The van der Waals surface area contributed by atoms with E-state index >= 15 is 0 Å². The van der Waals surface area contributed by atoms with Gasteiger partial charge in [-0.2, -0.15) is 0 Å². The van der Waals surface area contributed by atoms with E-state index in [2.05, 4.69) is 4.98 Å². The molecule has 0 atom stereocenters. The third-order valence-electron chi connectivity index (χ3n) is 2.41. The number of aryl methyl sites for hydroxylation is 1. The molecule has 0 aliphatic rings. The van der Waals surface area contributed by atoms with Crippen molar-refractivity contribution in [2.45, 2.75) is 6.92 Å². The summed E-state index contributed by atoms with van der Waals surface area (Å²) < 4.78 is 5.30. The number of aromatic carboxylic acids is 1. The Labute approximate surface area is 123 Å². The summed E-state index contributed by atoms with van der Waals surface area (Å²) in [6, 6.07) is 6.59. The highest BCUT2D eigenvalue weighted by atomic mass is 35.5. The molecule has 0 spiro atoms. The lowest BCUT2D eigenvalue weighted by Crippen LogP contribution is -2.11. The van der Waals surface area contributed by atoms with Gasteiger partial charge in [0.05, 0.1) is 5.69 Å². The van der Waals surface area contributed by atoms with Crippen LogP contribution in [0.1, 0.15) is 25.2 Å². The van der Waals surface area contributed by atoms with Crippen LogP contribution in [0.2, 0.25) is 5.02 Å². The van der Waals surface area contributed by atoms with E-state index in [-0.39, 0.29) is 22.3 Å². The van der Waals surface area contributed by atoms with Crippen molar-refractivity contribution in [1.29, 1.82) is 0 Å². The number of carbonyl (C=O) groups is 2. The number of aromatic nitrogens is 1. The summed E-state index contributed by atoms with van der Waals surface area (Å²) in [5.74, 6) is -0.937. The van der Waals surface area contributed by atoms with Gasteiger partial charge in [0.25, 0.3) is 0 Å². The number of nitrogens with zero attached hydrogens (tertiary/aromatic N) is 1. The van der Waals surface area contributed by atoms with E-state index in [0.717, 1.165) is 11.3 Å². The Balaban J connectivity index is 2.03. The molecular weight excluding hydrogens is 302 g/mol. The summed E-state index contributed by atoms with van der Waals surface area (Å²) in [6.45, 7) is 1.35. The molecule has 0 radical (unpaired) electrons. The lowest BCUT2D eigenvalue weighted by molar-refractivity contribution is 0.0701. The average molecular weight is 312 g/mol. The Hall–Kier alpha value is -1.92. The van der Waals surface area contributed by atoms with Crippen LogP contribution in [0.4, 0.5) is 0 Å². The smallest absolute Gasteiger partial charge is 0.347 e. The molecular formula is C13H10ClNO4S. The number of rotatable bonds is 5. The summed E-state index contributed by atoms with van der Waals surface area (Å²) in [5, 5.41) is 9.62. The number of carbonyl (C=O) groups excluding carboxylic acids is 1. The van der Waals surface area contributed by atoms with Gasteiger partial charge in [-0.05, 0) is 31.2 Å². The maximum Gasteiger partial charge on any atom is 0.347 e. The maximum absolute atomic E-state index is 11.9. The van der Waals surface area contributed by atoms with Crippen LogP contribution in [0.15, 0.2) is 24.3 Å². The second kappa shape index (κ2) is 6.02. The van der Waals surface area contributed by atoms with Crippen molar-refractivity contribution < 1.29 is 19.4 Å². The van der Waals surface area contributed by atoms with E-state index in [9.17, 15) is 9.59 Å². The van der Waals surface area contributed by atoms with Crippen molar-refractivity contribution in [3.63, 3.8) is 0 Å². The Bertz CT molecular complexity index is 651. The van der Waals surface area contributed by atoms with Gasteiger partial charge in [-0.1, -0.05) is 11.6 Å². The fourth-order valence-corrected chi connectivity index (χ4v) is 2.41. The molecule has 0 bridgehead atoms. The van der Waals surface area contributed by atoms with Crippen LogP contribution < -0.4 is 4.74 Å². The van der Waals surface area contributed by atoms with Gasteiger partial charge in [0.2, 0.25) is 5.78 Å². The summed E-state index contributed by atoms with van der Waals surface area (Å²) in [6.07, 6.45) is 0. The molecule has 1 aromatic carbocycles. The fraction of sp³-hybridized carbons (Fsp3) is 0.154. The number of hydrogen-bond acceptors (Lipinski definition) is 5. The number of carboxylic acid groups (broad SMARTS) is 1. The van der Waals surface area contributed by atoms with E-state index in [1.54, 1.807) is 31.2 Å². The quantitative estimate of drug-likeness (QED) is 0.859. The third-order valence-corrected chi connectivity index (χ3v) is 3.85. The van der Waals surface area contributed by atoms with E-state index < -0.39 is 5.97 Å². The first-order valence-corrected chi connectivity index (χ1v) is 6.79. The van der Waals surface area contributed by atoms with Gasteiger partial charge >= 0.3 is 5.97 Å². The zero-order valence-corrected chi connectivity index (χ0v) is 12.0. The van der Waals surface area contributed by atoms with Crippen LogP contribution in [0.3, 0.4) is 0 Å². The minimum Gasteiger partial charge on any atom is -0.485 e. The highest BCUT2D eigenvalue weighted by molar-refractivity contribution is 7.15. The van der Waals surface area contributed by atoms with E-state index in [0.29, 0.717) is 16.5 Å². The zero-order chi connectivity index (χ0) is 14.7. The van der Waals surface area contributed by atoms with Gasteiger partial charge in [0.1, 0.15) is 10.6 Å². The zero-order valence-electron chi connectivity index (χ0n) is 10.4. The SMILES string of the molecule is Cc1nc(C(=O)COc2ccc(Cl)cc2)sc1C(=O)O. The van der Waals surface area contributed by atoms with Crippen LogP contribution >= 0.6 is 22.9 Å². The van der Waals surface area contributed by atoms with Crippen molar-refractivity contribution in [2.75, 3.05) is 6.61 Å². The molecule has 2 rings (SSSR count). The first-order chi connectivity index (χ1) is 9.47. The number of ether oxygens (including phenoxy) is 1. The number of ketones is 1. The van der Waals surface area contributed by atoms with Gasteiger partial charge < -0.3 is 9.84 Å². The molecule has 7 heteroatoms. The largest absolute Gasteiger partial charge is 0.485 e. The third kappa shape index (κ3) is 3.34. The highest BCUT2D eigenvalue weighted by Crippen LogP contribution is 2.19. The van der Waals surface area contributed by atoms with Gasteiger partial charge in [-0.15, -0.1) is 11.3 Å². The molecule has 1 aromatic heterocycles. The lowest BCUT2D eigenvalue weighted by Gasteiger charge is -2.03. The van der Waals surface area contributed by atoms with E-state index in [4.69, 9.17) is 21.4 Å². The van der Waals surface area contributed by atoms with E-state index in [1.165, 1.54) is 0 Å². The molecule has 104 valence electrons. The van der Waals surface area contributed by atoms with Crippen molar-refractivity contribution in [3.8, 4) is 5.75 Å². The van der Waals surface area contributed by atoms with Crippen molar-refractivity contribution in [1.82, 2.24) is 4.98 Å². The topological polar surface area (TPSA) is 76.5 Å². The number of hydrogen-bond donors (Lipinski definition) is 1. The monoisotopic (exact) mass is 311 g/mol. The van der Waals surface area contributed by atoms with Crippen LogP contribution in [0.25, 0.3) is 0 Å². The van der Waals surface area contributed by atoms with Gasteiger partial charge in [0, 0.05) is 5.02 Å². The molecule has 0 aliphatic carbocycles. The second-order valence-electron chi connectivity index (χ2n) is 3.90. The maximum atomic E-state index is 11.9. The van der Waals surface area contributed by atoms with Gasteiger partial charge in [-0.25, -0.2) is 9.78 Å². The average Bonchev–Trinajstić information content (AvgIpc) is 2.80. The van der Waals surface area contributed by atoms with Crippen LogP contribution in [-0.4, -0.2) is 28.4 Å². The number of carboxylic acids is 1. The molecule has 20 heavy (non-hydrogen) atoms. The van der Waals surface area contributed by atoms with E-state index in [1.807, 2.05) is 0 Å². The Morgan fingerprint density at radius 1 is 1.35 bits per heavy atom. The Morgan fingerprint density at radius 2 is 2.00 bits per heavy atom. The lowest BCUT2D eigenvalue weighted by atomic mass is 10.3. The molecule has 0 saturated carbocycles. The van der Waals surface area contributed by atoms with Crippen LogP contribution in [-0.2, 0) is 0 Å². The molecule has 0 aliphatic heterocycles. The Morgan fingerprint density at radius 3 is 2.55 bits per heavy atom. The molecule has 0 amide bonds. The highest BCUT2D eigenvalue weighted by Gasteiger charge is 2.18. The molecule has 5 nitrogen and oxygen atoms in total. The van der Waals surface area contributed by atoms with Gasteiger partial charge in [-0.3, -0.25) is 4.79 Å². The van der Waals surface area contributed by atoms with Crippen molar-refractivity contribution in [2.24, 2.45) is 0 Å². The molecule has 1 N–H and O–H groups in total. The number of Topliss-reactive ketones (excluding diaryl/α,β-unsaturated/α-hetero) is 1. The predicted molar refractivity (Wildman–Crippen MR) is 75.1 cm³/mol. The van der Waals surface area contributed by atoms with Crippen LogP contribution in [0.5, 0.6) is 5.75 Å². The fourth-order valence-electron chi connectivity index (χ4n) is 1.46. The van der Waals surface area contributed by atoms with Crippen LogP contribution in [0, 0.1) is 6.92 Å². The summed E-state index contributed by atoms with van der Waals surface area (Å²) >= 11 is 6.59. The summed E-state index contributed by atoms with van der Waals surface area (Å²) in [5.41, 5.74) is 0.331. The summed E-state index contributed by atoms with van der Waals surface area (Å²) in [7, 11) is 0.